The molecule has 0 aliphatic rings. The highest BCUT2D eigenvalue weighted by Crippen LogP contribution is 2.29. The molecule has 0 N–H and O–H groups in total. The molecule has 0 atom stereocenters. The Hall–Kier alpha value is -3.49. The summed E-state index contributed by atoms with van der Waals surface area (Å²) in [6, 6.07) is 17.5. The molecule has 0 bridgehead atoms. The summed E-state index contributed by atoms with van der Waals surface area (Å²) in [7, 11) is 1.89. The number of benzene rings is 1. The maximum absolute atomic E-state index is 13.3. The molecule has 186 valence electrons. The van der Waals surface area contributed by atoms with E-state index >= 15 is 0 Å². The molecule has 4 rings (SSSR count). The van der Waals surface area contributed by atoms with Crippen LogP contribution in [0.2, 0.25) is 4.34 Å². The first kappa shape index (κ1) is 25.6. The zero-order chi connectivity index (χ0) is 26.0. The number of rotatable bonds is 7. The Kier molecular flexibility index (Phi) is 7.28. The Morgan fingerprint density at radius 3 is 2.42 bits per heavy atom. The highest BCUT2D eigenvalue weighted by atomic mass is 35.5. The third-order valence-electron chi connectivity index (χ3n) is 5.63. The highest BCUT2D eigenvalue weighted by Gasteiger charge is 2.28. The van der Waals surface area contributed by atoms with E-state index in [9.17, 15) is 14.4 Å². The van der Waals surface area contributed by atoms with Gasteiger partial charge in [-0.2, -0.15) is 9.78 Å². The minimum absolute atomic E-state index is 0.0930. The fourth-order valence-corrected chi connectivity index (χ4v) is 4.82. The summed E-state index contributed by atoms with van der Waals surface area (Å²) < 4.78 is 3.48. The van der Waals surface area contributed by atoms with Crippen LogP contribution in [0.4, 0.5) is 5.82 Å². The number of pyridine rings is 1. The van der Waals surface area contributed by atoms with E-state index in [0.29, 0.717) is 33.5 Å². The van der Waals surface area contributed by atoms with E-state index in [1.807, 2.05) is 57.0 Å². The lowest BCUT2D eigenvalue weighted by Gasteiger charge is -2.22. The standard InChI is InChI=1S/C27H27ClN4O3S/c1-27(2,3)26(35)32-24(30(4)16-20-11-12-23(28)36-20)14-21(29-32)19-10-13-25(34)31(15-19)17-22(33)18-8-6-5-7-9-18/h5-15H,16-17H2,1-4H3. The lowest BCUT2D eigenvalue weighted by Crippen LogP contribution is -2.31. The average Bonchev–Trinajstić information content (AvgIpc) is 3.46. The third-order valence-corrected chi connectivity index (χ3v) is 6.84. The van der Waals surface area contributed by atoms with Crippen molar-refractivity contribution in [2.45, 2.75) is 33.9 Å². The zero-order valence-corrected chi connectivity index (χ0v) is 22.1. The van der Waals surface area contributed by atoms with Gasteiger partial charge >= 0.3 is 0 Å². The first-order valence-electron chi connectivity index (χ1n) is 11.4. The van der Waals surface area contributed by atoms with E-state index in [2.05, 4.69) is 5.10 Å². The molecule has 0 amide bonds. The number of carbonyl (C=O) groups excluding carboxylic acids is 2. The number of hydrogen-bond donors (Lipinski definition) is 0. The van der Waals surface area contributed by atoms with Crippen molar-refractivity contribution in [3.05, 3.63) is 92.0 Å². The maximum atomic E-state index is 13.3. The molecule has 0 aliphatic carbocycles. The molecule has 1 aromatic carbocycles. The van der Waals surface area contributed by atoms with Crippen molar-refractivity contribution in [3.63, 3.8) is 0 Å². The van der Waals surface area contributed by atoms with Crippen molar-refractivity contribution in [1.29, 1.82) is 0 Å². The number of carbonyl (C=O) groups is 2. The van der Waals surface area contributed by atoms with Gasteiger partial charge < -0.3 is 9.47 Å². The van der Waals surface area contributed by atoms with Crippen molar-refractivity contribution < 1.29 is 9.59 Å². The molecule has 9 heteroatoms. The Morgan fingerprint density at radius 1 is 1.06 bits per heavy atom. The predicted molar refractivity (Wildman–Crippen MR) is 144 cm³/mol. The summed E-state index contributed by atoms with van der Waals surface area (Å²) >= 11 is 7.57. The second-order valence-electron chi connectivity index (χ2n) is 9.59. The maximum Gasteiger partial charge on any atom is 0.254 e. The lowest BCUT2D eigenvalue weighted by molar-refractivity contribution is 0.0751. The van der Waals surface area contributed by atoms with Gasteiger partial charge in [0.05, 0.1) is 23.1 Å². The van der Waals surface area contributed by atoms with E-state index in [-0.39, 0.29) is 23.8 Å². The van der Waals surface area contributed by atoms with Gasteiger partial charge in [-0.05, 0) is 18.2 Å². The molecule has 7 nitrogen and oxygen atoms in total. The largest absolute Gasteiger partial charge is 0.354 e. The van der Waals surface area contributed by atoms with Gasteiger partial charge in [-0.1, -0.05) is 62.7 Å². The van der Waals surface area contributed by atoms with Gasteiger partial charge in [-0.25, -0.2) is 0 Å². The van der Waals surface area contributed by atoms with E-state index in [1.165, 1.54) is 26.7 Å². The van der Waals surface area contributed by atoms with Crippen molar-refractivity contribution in [2.24, 2.45) is 5.41 Å². The molecule has 4 aromatic rings. The quantitative estimate of drug-likeness (QED) is 0.294. The molecular weight excluding hydrogens is 496 g/mol. The number of Topliss-reactive ketones (excluding diaryl/α,β-unsaturated/α-hetero) is 1. The Balaban J connectivity index is 1.70. The summed E-state index contributed by atoms with van der Waals surface area (Å²) in [5, 5.41) is 4.63. The van der Waals surface area contributed by atoms with Crippen LogP contribution in [0.5, 0.6) is 0 Å². The molecule has 0 saturated heterocycles. The van der Waals surface area contributed by atoms with E-state index < -0.39 is 5.41 Å². The number of aromatic nitrogens is 3. The first-order chi connectivity index (χ1) is 17.0. The number of anilines is 1. The van der Waals surface area contributed by atoms with Gasteiger partial charge in [0.1, 0.15) is 5.82 Å². The Morgan fingerprint density at radius 2 is 1.78 bits per heavy atom. The normalized spacial score (nSPS) is 11.5. The smallest absolute Gasteiger partial charge is 0.254 e. The molecule has 3 heterocycles. The molecular formula is C27H27ClN4O3S. The van der Waals surface area contributed by atoms with Gasteiger partial charge in [0.25, 0.3) is 11.5 Å². The fraction of sp³-hybridized carbons (Fsp3) is 0.259. The molecule has 0 saturated carbocycles. The van der Waals surface area contributed by atoms with Gasteiger partial charge in [-0.15, -0.1) is 11.3 Å². The average molecular weight is 523 g/mol. The van der Waals surface area contributed by atoms with Crippen molar-refractivity contribution >= 4 is 40.4 Å². The van der Waals surface area contributed by atoms with Gasteiger partial charge in [0, 0.05) is 46.8 Å². The molecule has 0 radical (unpaired) electrons. The van der Waals surface area contributed by atoms with E-state index in [4.69, 9.17) is 11.6 Å². The number of thiophene rings is 1. The van der Waals surface area contributed by atoms with Crippen LogP contribution < -0.4 is 10.5 Å². The molecule has 0 spiro atoms. The van der Waals surface area contributed by atoms with Crippen LogP contribution in [-0.2, 0) is 13.1 Å². The summed E-state index contributed by atoms with van der Waals surface area (Å²) in [6.45, 7) is 5.98. The topological polar surface area (TPSA) is 77.2 Å². The Labute approximate surface area is 218 Å². The summed E-state index contributed by atoms with van der Waals surface area (Å²) in [5.41, 5.74) is 0.739. The first-order valence-corrected chi connectivity index (χ1v) is 12.6. The molecule has 3 aromatic heterocycles. The van der Waals surface area contributed by atoms with Gasteiger partial charge in [0.2, 0.25) is 0 Å². The lowest BCUT2D eigenvalue weighted by atomic mass is 9.96. The number of nitrogens with zero attached hydrogens (tertiary/aromatic N) is 4. The minimum Gasteiger partial charge on any atom is -0.354 e. The van der Waals surface area contributed by atoms with E-state index in [0.717, 1.165) is 4.88 Å². The summed E-state index contributed by atoms with van der Waals surface area (Å²) in [4.78, 5) is 41.5. The van der Waals surface area contributed by atoms with Gasteiger partial charge in [-0.3, -0.25) is 14.4 Å². The monoisotopic (exact) mass is 522 g/mol. The fourth-order valence-electron chi connectivity index (χ4n) is 3.68. The van der Waals surface area contributed by atoms with Crippen molar-refractivity contribution in [2.75, 3.05) is 11.9 Å². The second-order valence-corrected chi connectivity index (χ2v) is 11.4. The minimum atomic E-state index is -0.661. The molecule has 0 fully saturated rings. The molecule has 0 aliphatic heterocycles. The zero-order valence-electron chi connectivity index (χ0n) is 20.6. The summed E-state index contributed by atoms with van der Waals surface area (Å²) in [5.74, 6) is 0.290. The van der Waals surface area contributed by atoms with Gasteiger partial charge in [0.15, 0.2) is 5.78 Å². The van der Waals surface area contributed by atoms with Crippen molar-refractivity contribution in [3.8, 4) is 11.3 Å². The van der Waals surface area contributed by atoms with Crippen LogP contribution >= 0.6 is 22.9 Å². The molecule has 36 heavy (non-hydrogen) atoms. The van der Waals surface area contributed by atoms with Crippen LogP contribution in [0.1, 0.15) is 40.8 Å². The van der Waals surface area contributed by atoms with Crippen LogP contribution in [-0.4, -0.2) is 33.1 Å². The third kappa shape index (κ3) is 5.66. The van der Waals surface area contributed by atoms with Crippen LogP contribution in [0.15, 0.2) is 71.7 Å². The number of hydrogen-bond acceptors (Lipinski definition) is 6. The highest BCUT2D eigenvalue weighted by molar-refractivity contribution is 7.16. The summed E-state index contributed by atoms with van der Waals surface area (Å²) in [6.07, 6.45) is 1.61. The van der Waals surface area contributed by atoms with Crippen molar-refractivity contribution in [1.82, 2.24) is 14.3 Å². The van der Waals surface area contributed by atoms with Crippen LogP contribution in [0.3, 0.4) is 0 Å². The predicted octanol–water partition coefficient (Wildman–Crippen LogP) is 5.63. The van der Waals surface area contributed by atoms with E-state index in [1.54, 1.807) is 36.5 Å². The molecule has 0 unspecified atom stereocenters. The number of ketones is 1. The number of halogens is 1. The van der Waals surface area contributed by atoms with Crippen LogP contribution in [0.25, 0.3) is 11.3 Å². The van der Waals surface area contributed by atoms with Crippen LogP contribution in [0, 0.1) is 5.41 Å². The SMILES string of the molecule is CN(Cc1ccc(Cl)s1)c1cc(-c2ccc(=O)n(CC(=O)c3ccccc3)c2)nn1C(=O)C(C)(C)C. The second kappa shape index (κ2) is 10.2. The Bertz CT molecular complexity index is 1460.